The van der Waals surface area contributed by atoms with Crippen LogP contribution in [0.15, 0.2) is 82.7 Å². The fourth-order valence-electron chi connectivity index (χ4n) is 3.50. The molecule has 0 saturated heterocycles. The maximum atomic E-state index is 13.1. The fraction of sp³-hybridized carbons (Fsp3) is 0.120. The summed E-state index contributed by atoms with van der Waals surface area (Å²) in [5.74, 6) is 0.829. The number of thiazole rings is 1. The number of rotatable bonds is 8. The Labute approximate surface area is 209 Å². The number of halogens is 1. The monoisotopic (exact) mass is 505 g/mol. The number of anilines is 1. The Morgan fingerprint density at radius 2 is 1.94 bits per heavy atom. The van der Waals surface area contributed by atoms with Crippen molar-refractivity contribution in [3.05, 3.63) is 94.9 Å². The van der Waals surface area contributed by atoms with E-state index in [-0.39, 0.29) is 17.5 Å². The van der Waals surface area contributed by atoms with Gasteiger partial charge in [-0.1, -0.05) is 42.1 Å². The largest absolute Gasteiger partial charge is 0.461 e. The van der Waals surface area contributed by atoms with Crippen LogP contribution in [0.4, 0.5) is 9.52 Å². The standard InChI is InChI=1S/C25H20FN5O2S2/c1-16-5-2-3-6-20(16)31-23(21-7-4-12-33-21)29-30-25(31)34-15-22(32)28-24-27-14-19(35-24)13-17-8-10-18(26)11-9-17/h2-12,14H,13,15H2,1H3,(H,27,28,32). The number of aromatic nitrogens is 4. The Bertz CT molecular complexity index is 1450. The summed E-state index contributed by atoms with van der Waals surface area (Å²) in [6.45, 7) is 2.01. The number of aryl methyl sites for hydroxylation is 1. The van der Waals surface area contributed by atoms with E-state index in [1.54, 1.807) is 30.7 Å². The molecule has 0 bridgehead atoms. The van der Waals surface area contributed by atoms with E-state index < -0.39 is 0 Å². The molecule has 5 rings (SSSR count). The molecular weight excluding hydrogens is 485 g/mol. The van der Waals surface area contributed by atoms with Crippen molar-refractivity contribution < 1.29 is 13.6 Å². The molecule has 0 spiro atoms. The summed E-state index contributed by atoms with van der Waals surface area (Å²) in [6.07, 6.45) is 3.93. The number of carbonyl (C=O) groups is 1. The topological polar surface area (TPSA) is 85.8 Å². The third-order valence-electron chi connectivity index (χ3n) is 5.16. The van der Waals surface area contributed by atoms with Crippen molar-refractivity contribution in [2.45, 2.75) is 18.5 Å². The van der Waals surface area contributed by atoms with Crippen LogP contribution in [0.5, 0.6) is 0 Å². The first-order chi connectivity index (χ1) is 17.1. The van der Waals surface area contributed by atoms with Gasteiger partial charge in [0.1, 0.15) is 5.82 Å². The number of amides is 1. The average molecular weight is 506 g/mol. The molecule has 7 nitrogen and oxygen atoms in total. The first-order valence-electron chi connectivity index (χ1n) is 10.7. The van der Waals surface area contributed by atoms with E-state index in [0.29, 0.717) is 28.3 Å². The maximum absolute atomic E-state index is 13.1. The van der Waals surface area contributed by atoms with Gasteiger partial charge in [0.25, 0.3) is 0 Å². The molecule has 1 N–H and O–H groups in total. The molecule has 10 heteroatoms. The molecule has 3 aromatic heterocycles. The van der Waals surface area contributed by atoms with E-state index in [9.17, 15) is 9.18 Å². The number of nitrogens with one attached hydrogen (secondary N) is 1. The van der Waals surface area contributed by atoms with Crippen molar-refractivity contribution in [3.8, 4) is 17.3 Å². The molecule has 0 unspecified atom stereocenters. The van der Waals surface area contributed by atoms with Crippen LogP contribution in [0.2, 0.25) is 0 Å². The Balaban J connectivity index is 1.28. The molecule has 0 fully saturated rings. The summed E-state index contributed by atoms with van der Waals surface area (Å²) in [6, 6.07) is 17.9. The Kier molecular flexibility index (Phi) is 6.73. The van der Waals surface area contributed by atoms with Gasteiger partial charge >= 0.3 is 0 Å². The number of hydrogen-bond donors (Lipinski definition) is 1. The second-order valence-electron chi connectivity index (χ2n) is 7.68. The van der Waals surface area contributed by atoms with Gasteiger partial charge in [0.15, 0.2) is 16.0 Å². The SMILES string of the molecule is Cc1ccccc1-n1c(SCC(=O)Nc2ncc(Cc3ccc(F)cc3)s2)nnc1-c1ccco1. The highest BCUT2D eigenvalue weighted by molar-refractivity contribution is 7.99. The lowest BCUT2D eigenvalue weighted by molar-refractivity contribution is -0.113. The molecule has 176 valence electrons. The Morgan fingerprint density at radius 1 is 1.11 bits per heavy atom. The summed E-state index contributed by atoms with van der Waals surface area (Å²) < 4.78 is 20.6. The molecule has 3 heterocycles. The maximum Gasteiger partial charge on any atom is 0.236 e. The van der Waals surface area contributed by atoms with Crippen LogP contribution in [-0.4, -0.2) is 31.4 Å². The Morgan fingerprint density at radius 3 is 2.71 bits per heavy atom. The summed E-state index contributed by atoms with van der Waals surface area (Å²) in [7, 11) is 0. The minimum absolute atomic E-state index is 0.134. The molecule has 0 aliphatic carbocycles. The van der Waals surface area contributed by atoms with Crippen LogP contribution in [-0.2, 0) is 11.2 Å². The van der Waals surface area contributed by atoms with Crippen LogP contribution in [0.1, 0.15) is 16.0 Å². The zero-order valence-electron chi connectivity index (χ0n) is 18.6. The van der Waals surface area contributed by atoms with Gasteiger partial charge < -0.3 is 9.73 Å². The lowest BCUT2D eigenvalue weighted by atomic mass is 10.1. The third kappa shape index (κ3) is 5.33. The van der Waals surface area contributed by atoms with Gasteiger partial charge in [0, 0.05) is 17.5 Å². The quantitative estimate of drug-likeness (QED) is 0.270. The van der Waals surface area contributed by atoms with Gasteiger partial charge in [-0.3, -0.25) is 9.36 Å². The van der Waals surface area contributed by atoms with Crippen LogP contribution in [0.25, 0.3) is 17.3 Å². The van der Waals surface area contributed by atoms with Crippen molar-refractivity contribution in [3.63, 3.8) is 0 Å². The molecule has 0 aliphatic rings. The second kappa shape index (κ2) is 10.2. The summed E-state index contributed by atoms with van der Waals surface area (Å²) in [4.78, 5) is 17.9. The van der Waals surface area contributed by atoms with Crippen LogP contribution >= 0.6 is 23.1 Å². The number of furan rings is 1. The van der Waals surface area contributed by atoms with Gasteiger partial charge in [-0.05, 0) is 48.4 Å². The van der Waals surface area contributed by atoms with Gasteiger partial charge in [0.05, 0.1) is 17.7 Å². The lowest BCUT2D eigenvalue weighted by Crippen LogP contribution is -2.14. The van der Waals surface area contributed by atoms with Crippen molar-refractivity contribution in [1.29, 1.82) is 0 Å². The van der Waals surface area contributed by atoms with E-state index in [1.807, 2.05) is 41.8 Å². The highest BCUT2D eigenvalue weighted by atomic mass is 32.2. The predicted molar refractivity (Wildman–Crippen MR) is 134 cm³/mol. The number of thioether (sulfide) groups is 1. The van der Waals surface area contributed by atoms with Gasteiger partial charge in [-0.25, -0.2) is 9.37 Å². The minimum Gasteiger partial charge on any atom is -0.461 e. The molecule has 0 radical (unpaired) electrons. The molecule has 35 heavy (non-hydrogen) atoms. The zero-order chi connectivity index (χ0) is 24.2. The van der Waals surface area contributed by atoms with Crippen LogP contribution in [0, 0.1) is 12.7 Å². The number of hydrogen-bond acceptors (Lipinski definition) is 7. The summed E-state index contributed by atoms with van der Waals surface area (Å²) in [5, 5.41) is 12.6. The van der Waals surface area contributed by atoms with Crippen molar-refractivity contribution in [1.82, 2.24) is 19.7 Å². The normalized spacial score (nSPS) is 11.0. The van der Waals surface area contributed by atoms with Crippen molar-refractivity contribution >= 4 is 34.1 Å². The third-order valence-corrected chi connectivity index (χ3v) is 7.00. The van der Waals surface area contributed by atoms with Crippen LogP contribution < -0.4 is 5.32 Å². The van der Waals surface area contributed by atoms with E-state index in [0.717, 1.165) is 21.7 Å². The fourth-order valence-corrected chi connectivity index (χ4v) is 5.10. The van der Waals surface area contributed by atoms with E-state index in [4.69, 9.17) is 4.42 Å². The molecule has 0 aliphatic heterocycles. The first kappa shape index (κ1) is 23.0. The van der Waals surface area contributed by atoms with Crippen molar-refractivity contribution in [2.24, 2.45) is 0 Å². The smallest absolute Gasteiger partial charge is 0.236 e. The second-order valence-corrected chi connectivity index (χ2v) is 9.73. The molecule has 0 atom stereocenters. The molecule has 2 aromatic carbocycles. The highest BCUT2D eigenvalue weighted by Crippen LogP contribution is 2.30. The number of benzene rings is 2. The minimum atomic E-state index is -0.266. The predicted octanol–water partition coefficient (Wildman–Crippen LogP) is 5.75. The zero-order valence-corrected chi connectivity index (χ0v) is 20.3. The molecular formula is C25H20FN5O2S2. The lowest BCUT2D eigenvalue weighted by Gasteiger charge is -2.11. The number of nitrogens with zero attached hydrogens (tertiary/aromatic N) is 4. The van der Waals surface area contributed by atoms with Gasteiger partial charge in [-0.2, -0.15) is 0 Å². The van der Waals surface area contributed by atoms with E-state index in [1.165, 1.54) is 35.2 Å². The molecule has 5 aromatic rings. The van der Waals surface area contributed by atoms with Gasteiger partial charge in [0.2, 0.25) is 11.7 Å². The number of para-hydroxylation sites is 1. The average Bonchev–Trinajstić information content (AvgIpc) is 3.61. The van der Waals surface area contributed by atoms with Gasteiger partial charge in [-0.15, -0.1) is 21.5 Å². The Hall–Kier alpha value is -3.76. The molecule has 1 amide bonds. The molecule has 0 saturated carbocycles. The van der Waals surface area contributed by atoms with Crippen LogP contribution in [0.3, 0.4) is 0 Å². The van der Waals surface area contributed by atoms with E-state index >= 15 is 0 Å². The number of carbonyl (C=O) groups excluding carboxylic acids is 1. The summed E-state index contributed by atoms with van der Waals surface area (Å²) >= 11 is 2.68. The highest BCUT2D eigenvalue weighted by Gasteiger charge is 2.20. The summed E-state index contributed by atoms with van der Waals surface area (Å²) in [5.41, 5.74) is 2.94. The first-order valence-corrected chi connectivity index (χ1v) is 12.5. The van der Waals surface area contributed by atoms with E-state index in [2.05, 4.69) is 20.5 Å². The van der Waals surface area contributed by atoms with Crippen molar-refractivity contribution in [2.75, 3.05) is 11.1 Å².